The SMILES string of the molecule is C=C1[C@H](O)CC2C3C(CC[C@]12C)c1ccc(O)cc1[C@H](O)C3CCCCCCCCCS(=O)CCCC(F)(F)C(F)(F)F. The van der Waals surface area contributed by atoms with Crippen molar-refractivity contribution in [1.82, 2.24) is 0 Å². The predicted octanol–water partition coefficient (Wildman–Crippen LogP) is 8.34. The van der Waals surface area contributed by atoms with Gasteiger partial charge in [-0.3, -0.25) is 4.21 Å². The van der Waals surface area contributed by atoms with Gasteiger partial charge in [-0.2, -0.15) is 22.0 Å². The van der Waals surface area contributed by atoms with Crippen molar-refractivity contribution < 1.29 is 41.5 Å². The van der Waals surface area contributed by atoms with E-state index in [9.17, 15) is 41.5 Å². The molecule has 0 aliphatic heterocycles. The first-order chi connectivity index (χ1) is 20.2. The Balaban J connectivity index is 1.21. The summed E-state index contributed by atoms with van der Waals surface area (Å²) in [5.74, 6) is -3.59. The lowest BCUT2D eigenvalue weighted by atomic mass is 9.51. The van der Waals surface area contributed by atoms with Gasteiger partial charge in [-0.1, -0.05) is 58.1 Å². The number of halogens is 5. The quantitative estimate of drug-likeness (QED) is 0.109. The molecule has 4 rings (SSSR count). The molecule has 0 radical (unpaired) electrons. The Morgan fingerprint density at radius 2 is 1.58 bits per heavy atom. The van der Waals surface area contributed by atoms with Crippen LogP contribution >= 0.6 is 0 Å². The van der Waals surface area contributed by atoms with E-state index in [1.54, 1.807) is 12.1 Å². The van der Waals surface area contributed by atoms with E-state index in [0.29, 0.717) is 18.6 Å². The number of unbranched alkanes of at least 4 members (excludes halogenated alkanes) is 6. The summed E-state index contributed by atoms with van der Waals surface area (Å²) >= 11 is 0. The van der Waals surface area contributed by atoms with Gasteiger partial charge in [0.25, 0.3) is 0 Å². The number of alkyl halides is 5. The van der Waals surface area contributed by atoms with Crippen molar-refractivity contribution in [3.63, 3.8) is 0 Å². The zero-order valence-corrected chi connectivity index (χ0v) is 25.9. The third-order valence-electron chi connectivity index (χ3n) is 10.7. The molecule has 0 aromatic heterocycles. The lowest BCUT2D eigenvalue weighted by Gasteiger charge is -2.53. The van der Waals surface area contributed by atoms with E-state index >= 15 is 0 Å². The van der Waals surface area contributed by atoms with E-state index in [0.717, 1.165) is 74.5 Å². The van der Waals surface area contributed by atoms with Gasteiger partial charge in [0.2, 0.25) is 0 Å². The third-order valence-corrected chi connectivity index (χ3v) is 12.2. The Morgan fingerprint density at radius 3 is 2.26 bits per heavy atom. The Labute approximate surface area is 254 Å². The second kappa shape index (κ2) is 13.9. The number of aliphatic hydroxyl groups excluding tert-OH is 2. The van der Waals surface area contributed by atoms with Crippen LogP contribution in [0.2, 0.25) is 0 Å². The maximum absolute atomic E-state index is 13.0. The van der Waals surface area contributed by atoms with Crippen LogP contribution in [0.15, 0.2) is 30.4 Å². The number of benzene rings is 1. The minimum absolute atomic E-state index is 0.0353. The number of hydrogen-bond acceptors (Lipinski definition) is 4. The van der Waals surface area contributed by atoms with E-state index in [1.165, 1.54) is 0 Å². The highest BCUT2D eigenvalue weighted by Gasteiger charge is 2.58. The highest BCUT2D eigenvalue weighted by atomic mass is 32.2. The molecule has 0 heterocycles. The maximum atomic E-state index is 13.0. The average molecular weight is 635 g/mol. The molecule has 1 aromatic carbocycles. The van der Waals surface area contributed by atoms with Gasteiger partial charge < -0.3 is 15.3 Å². The van der Waals surface area contributed by atoms with Crippen LogP contribution in [0.25, 0.3) is 0 Å². The van der Waals surface area contributed by atoms with Crippen molar-refractivity contribution in [2.75, 3.05) is 11.5 Å². The summed E-state index contributed by atoms with van der Waals surface area (Å²) in [4.78, 5) is 0. The lowest BCUT2D eigenvalue weighted by Crippen LogP contribution is -2.45. The van der Waals surface area contributed by atoms with Crippen LogP contribution in [-0.2, 0) is 10.8 Å². The van der Waals surface area contributed by atoms with Crippen molar-refractivity contribution in [2.45, 2.75) is 121 Å². The van der Waals surface area contributed by atoms with Crippen LogP contribution in [0.1, 0.15) is 114 Å². The topological polar surface area (TPSA) is 77.8 Å². The first-order valence-electron chi connectivity index (χ1n) is 15.8. The van der Waals surface area contributed by atoms with E-state index in [2.05, 4.69) is 13.5 Å². The van der Waals surface area contributed by atoms with Gasteiger partial charge in [-0.05, 0) is 96.4 Å². The molecule has 0 spiro atoms. The van der Waals surface area contributed by atoms with E-state index in [1.807, 2.05) is 6.07 Å². The molecule has 5 unspecified atom stereocenters. The van der Waals surface area contributed by atoms with Crippen LogP contribution < -0.4 is 0 Å². The number of rotatable bonds is 14. The number of phenols is 1. The molecule has 1 aromatic rings. The summed E-state index contributed by atoms with van der Waals surface area (Å²) in [6.07, 6.45) is 1.38. The van der Waals surface area contributed by atoms with Crippen molar-refractivity contribution >= 4 is 10.8 Å². The Morgan fingerprint density at radius 1 is 0.953 bits per heavy atom. The fourth-order valence-electron chi connectivity index (χ4n) is 8.25. The molecule has 4 nitrogen and oxygen atoms in total. The first-order valence-corrected chi connectivity index (χ1v) is 17.3. The van der Waals surface area contributed by atoms with Gasteiger partial charge in [0.1, 0.15) is 5.75 Å². The van der Waals surface area contributed by atoms with Crippen LogP contribution in [0.3, 0.4) is 0 Å². The Hall–Kier alpha value is -1.52. The highest BCUT2D eigenvalue weighted by Crippen LogP contribution is 2.65. The highest BCUT2D eigenvalue weighted by molar-refractivity contribution is 7.84. The minimum Gasteiger partial charge on any atom is -0.508 e. The largest absolute Gasteiger partial charge is 0.508 e. The van der Waals surface area contributed by atoms with Gasteiger partial charge in [0.05, 0.1) is 12.2 Å². The number of aliphatic hydroxyl groups is 2. The fourth-order valence-corrected chi connectivity index (χ4v) is 9.45. The molecule has 0 bridgehead atoms. The molecular formula is C33H47F5O4S. The normalized spacial score (nSPS) is 31.4. The Kier molecular flexibility index (Phi) is 11.1. The molecule has 43 heavy (non-hydrogen) atoms. The molecule has 3 N–H and O–H groups in total. The maximum Gasteiger partial charge on any atom is 0.453 e. The van der Waals surface area contributed by atoms with Crippen LogP contribution in [0, 0.1) is 23.2 Å². The first kappa shape index (κ1) is 34.4. The zero-order chi connectivity index (χ0) is 31.6. The average Bonchev–Trinajstić information content (AvgIpc) is 3.16. The molecule has 0 saturated heterocycles. The zero-order valence-electron chi connectivity index (χ0n) is 25.1. The van der Waals surface area contributed by atoms with Gasteiger partial charge in [0.15, 0.2) is 0 Å². The van der Waals surface area contributed by atoms with Gasteiger partial charge >= 0.3 is 12.1 Å². The smallest absolute Gasteiger partial charge is 0.453 e. The number of fused-ring (bicyclic) bond motifs is 5. The monoisotopic (exact) mass is 634 g/mol. The molecule has 3 aliphatic carbocycles. The van der Waals surface area contributed by atoms with Gasteiger partial charge in [0, 0.05) is 28.7 Å². The summed E-state index contributed by atoms with van der Waals surface area (Å²) in [5.41, 5.74) is 2.75. The molecule has 0 amide bonds. The van der Waals surface area contributed by atoms with Crippen molar-refractivity contribution in [3.05, 3.63) is 41.5 Å². The lowest BCUT2D eigenvalue weighted by molar-refractivity contribution is -0.284. The summed E-state index contributed by atoms with van der Waals surface area (Å²) in [6.45, 7) is 6.48. The minimum atomic E-state index is -5.56. The number of aromatic hydroxyl groups is 1. The number of hydrogen-bond donors (Lipinski definition) is 3. The second-order valence-corrected chi connectivity index (χ2v) is 15.1. The standard InChI is InChI=1S/C33H47F5O4S/c1-21-28(40)20-27-29-24(14-16-31(21,27)2)23-13-12-22(39)19-26(23)30(41)25(29)11-8-6-4-3-5-7-9-17-43(42)18-10-15-32(34,35)33(36,37)38/h12-13,19,24-25,27-30,39-41H,1,3-11,14-18,20H2,2H3/t24?,25?,27?,28-,29?,30-,31-,43?/m1/s1. The third kappa shape index (κ3) is 7.49. The van der Waals surface area contributed by atoms with Crippen molar-refractivity contribution in [1.29, 1.82) is 0 Å². The van der Waals surface area contributed by atoms with Crippen molar-refractivity contribution in [3.8, 4) is 5.75 Å². The molecule has 10 heteroatoms. The molecule has 8 atom stereocenters. The van der Waals surface area contributed by atoms with Crippen LogP contribution in [0.4, 0.5) is 22.0 Å². The second-order valence-electron chi connectivity index (χ2n) is 13.4. The molecule has 2 saturated carbocycles. The summed E-state index contributed by atoms with van der Waals surface area (Å²) < 4.78 is 74.6. The predicted molar refractivity (Wildman–Crippen MR) is 158 cm³/mol. The van der Waals surface area contributed by atoms with E-state index in [4.69, 9.17) is 0 Å². The van der Waals surface area contributed by atoms with Gasteiger partial charge in [-0.25, -0.2) is 0 Å². The molecule has 2 fully saturated rings. The summed E-state index contributed by atoms with van der Waals surface area (Å²) in [6, 6.07) is 5.38. The molecule has 3 aliphatic rings. The molecule has 244 valence electrons. The van der Waals surface area contributed by atoms with Crippen LogP contribution in [0.5, 0.6) is 5.75 Å². The molecular weight excluding hydrogens is 587 g/mol. The Bertz CT molecular complexity index is 1140. The van der Waals surface area contributed by atoms with Gasteiger partial charge in [-0.15, -0.1) is 0 Å². The van der Waals surface area contributed by atoms with E-state index < -0.39 is 47.9 Å². The van der Waals surface area contributed by atoms with E-state index in [-0.39, 0.29) is 40.6 Å². The van der Waals surface area contributed by atoms with Crippen LogP contribution in [-0.4, -0.2) is 49.2 Å². The fraction of sp³-hybridized carbons (Fsp3) is 0.758. The summed E-state index contributed by atoms with van der Waals surface area (Å²) in [5, 5.41) is 32.5. The van der Waals surface area contributed by atoms with Crippen molar-refractivity contribution in [2.24, 2.45) is 23.2 Å². The number of phenolic OH excluding ortho intramolecular Hbond substituents is 1. The summed E-state index contributed by atoms with van der Waals surface area (Å²) in [7, 11) is -1.39.